The van der Waals surface area contributed by atoms with Crippen molar-refractivity contribution in [3.8, 4) is 11.3 Å². The molecular weight excluding hydrogens is 330 g/mol. The van der Waals surface area contributed by atoms with Crippen molar-refractivity contribution < 1.29 is 4.79 Å². The maximum absolute atomic E-state index is 11.8. The second-order valence-electron chi connectivity index (χ2n) is 7.21. The highest BCUT2D eigenvalue weighted by Gasteiger charge is 2.13. The number of rotatable bonds is 6. The molecule has 1 aliphatic rings. The van der Waals surface area contributed by atoms with E-state index >= 15 is 0 Å². The molecule has 5 heteroatoms. The normalized spacial score (nSPS) is 14.0. The first-order valence-electron chi connectivity index (χ1n) is 9.06. The highest BCUT2D eigenvalue weighted by molar-refractivity contribution is 7.09. The molecule has 0 saturated carbocycles. The average molecular weight is 358 g/mol. The number of hydrogen-bond donors (Lipinski definition) is 1. The van der Waals surface area contributed by atoms with Crippen molar-refractivity contribution in [3.05, 3.63) is 39.7 Å². The third kappa shape index (κ3) is 4.89. The second kappa shape index (κ2) is 8.11. The molecule has 1 heterocycles. The maximum Gasteiger partial charge on any atom is 0.234 e. The minimum Gasteiger partial charge on any atom is -0.353 e. The summed E-state index contributed by atoms with van der Waals surface area (Å²) in [6.07, 6.45) is 5.00. The van der Waals surface area contributed by atoms with Crippen molar-refractivity contribution in [2.75, 3.05) is 13.6 Å². The number of carbonyl (C=O) groups excluding carboxylic acids is 1. The van der Waals surface area contributed by atoms with Gasteiger partial charge in [0.2, 0.25) is 5.91 Å². The van der Waals surface area contributed by atoms with E-state index in [4.69, 9.17) is 4.98 Å². The van der Waals surface area contributed by atoms with E-state index in [9.17, 15) is 4.79 Å². The molecule has 3 rings (SSSR count). The molecule has 1 aromatic heterocycles. The van der Waals surface area contributed by atoms with Crippen molar-refractivity contribution in [1.29, 1.82) is 0 Å². The lowest BCUT2D eigenvalue weighted by atomic mass is 9.90. The molecule has 0 radical (unpaired) electrons. The van der Waals surface area contributed by atoms with Gasteiger partial charge in [-0.15, -0.1) is 11.3 Å². The summed E-state index contributed by atoms with van der Waals surface area (Å²) in [7, 11) is 1.96. The number of amides is 1. The third-order valence-electron chi connectivity index (χ3n) is 4.46. The SMILES string of the molecule is CC(C)NC(=O)CN(C)Cc1nc(-c2ccc3c(c2)CCCC3)cs1. The lowest BCUT2D eigenvalue weighted by molar-refractivity contribution is -0.122. The summed E-state index contributed by atoms with van der Waals surface area (Å²) in [5, 5.41) is 6.10. The molecule has 0 bridgehead atoms. The molecule has 1 N–H and O–H groups in total. The number of carbonyl (C=O) groups is 1. The van der Waals surface area contributed by atoms with Crippen LogP contribution in [0.15, 0.2) is 23.6 Å². The first kappa shape index (κ1) is 18.1. The van der Waals surface area contributed by atoms with Crippen LogP contribution < -0.4 is 5.32 Å². The summed E-state index contributed by atoms with van der Waals surface area (Å²) in [6, 6.07) is 6.96. The van der Waals surface area contributed by atoms with Gasteiger partial charge in [-0.25, -0.2) is 4.98 Å². The van der Waals surface area contributed by atoms with Crippen LogP contribution in [0.1, 0.15) is 42.8 Å². The second-order valence-corrected chi connectivity index (χ2v) is 8.15. The Morgan fingerprint density at radius 3 is 2.80 bits per heavy atom. The summed E-state index contributed by atoms with van der Waals surface area (Å²) in [6.45, 7) is 5.04. The van der Waals surface area contributed by atoms with Gasteiger partial charge in [0.15, 0.2) is 0 Å². The van der Waals surface area contributed by atoms with Crippen LogP contribution in [0.4, 0.5) is 0 Å². The predicted molar refractivity (Wildman–Crippen MR) is 104 cm³/mol. The Morgan fingerprint density at radius 1 is 1.28 bits per heavy atom. The molecule has 0 fully saturated rings. The van der Waals surface area contributed by atoms with Gasteiger partial charge >= 0.3 is 0 Å². The first-order chi connectivity index (χ1) is 12.0. The molecule has 1 aromatic carbocycles. The number of aryl methyl sites for hydroxylation is 2. The number of aromatic nitrogens is 1. The number of likely N-dealkylation sites (N-methyl/N-ethyl adjacent to an activating group) is 1. The summed E-state index contributed by atoms with van der Waals surface area (Å²) in [4.78, 5) is 18.6. The molecule has 0 spiro atoms. The Kier molecular flexibility index (Phi) is 5.86. The number of benzene rings is 1. The van der Waals surface area contributed by atoms with Gasteiger partial charge in [0, 0.05) is 17.0 Å². The van der Waals surface area contributed by atoms with Crippen molar-refractivity contribution in [3.63, 3.8) is 0 Å². The molecule has 2 aromatic rings. The molecule has 0 atom stereocenters. The number of fused-ring (bicyclic) bond motifs is 1. The maximum atomic E-state index is 11.8. The van der Waals surface area contributed by atoms with Gasteiger partial charge < -0.3 is 5.32 Å². The van der Waals surface area contributed by atoms with E-state index in [0.717, 1.165) is 10.7 Å². The zero-order valence-corrected chi connectivity index (χ0v) is 16.2. The lowest BCUT2D eigenvalue weighted by Crippen LogP contribution is -2.38. The van der Waals surface area contributed by atoms with Crippen molar-refractivity contribution in [1.82, 2.24) is 15.2 Å². The van der Waals surface area contributed by atoms with Crippen molar-refractivity contribution >= 4 is 17.2 Å². The molecule has 1 amide bonds. The molecule has 0 aliphatic heterocycles. The highest BCUT2D eigenvalue weighted by Crippen LogP contribution is 2.28. The summed E-state index contributed by atoms with van der Waals surface area (Å²) in [5.74, 6) is 0.0592. The fourth-order valence-electron chi connectivity index (χ4n) is 3.31. The predicted octanol–water partition coefficient (Wildman–Crippen LogP) is 3.65. The van der Waals surface area contributed by atoms with Crippen LogP contribution in [-0.2, 0) is 24.2 Å². The topological polar surface area (TPSA) is 45.2 Å². The lowest BCUT2D eigenvalue weighted by Gasteiger charge is -2.16. The van der Waals surface area contributed by atoms with E-state index in [2.05, 4.69) is 28.9 Å². The smallest absolute Gasteiger partial charge is 0.234 e. The van der Waals surface area contributed by atoms with Gasteiger partial charge in [0.05, 0.1) is 18.8 Å². The number of nitrogens with one attached hydrogen (secondary N) is 1. The summed E-state index contributed by atoms with van der Waals surface area (Å²) < 4.78 is 0. The molecular formula is C20H27N3OS. The van der Waals surface area contributed by atoms with Crippen LogP contribution in [0, 0.1) is 0 Å². The summed E-state index contributed by atoms with van der Waals surface area (Å²) >= 11 is 1.67. The van der Waals surface area contributed by atoms with Crippen molar-refractivity contribution in [2.45, 2.75) is 52.1 Å². The van der Waals surface area contributed by atoms with Crippen LogP contribution in [-0.4, -0.2) is 35.4 Å². The van der Waals surface area contributed by atoms with Gasteiger partial charge in [0.25, 0.3) is 0 Å². The zero-order valence-electron chi connectivity index (χ0n) is 15.3. The highest BCUT2D eigenvalue weighted by atomic mass is 32.1. The third-order valence-corrected chi connectivity index (χ3v) is 5.30. The van der Waals surface area contributed by atoms with E-state index in [1.54, 1.807) is 11.3 Å². The van der Waals surface area contributed by atoms with E-state index in [1.807, 2.05) is 25.8 Å². The quantitative estimate of drug-likeness (QED) is 0.858. The van der Waals surface area contributed by atoms with Crippen LogP contribution in [0.3, 0.4) is 0 Å². The Balaban J connectivity index is 1.63. The molecule has 0 unspecified atom stereocenters. The summed E-state index contributed by atoms with van der Waals surface area (Å²) in [5.41, 5.74) is 5.25. The van der Waals surface area contributed by atoms with Crippen LogP contribution in [0.2, 0.25) is 0 Å². The van der Waals surface area contributed by atoms with Gasteiger partial charge in [-0.1, -0.05) is 12.1 Å². The number of hydrogen-bond acceptors (Lipinski definition) is 4. The van der Waals surface area contributed by atoms with E-state index in [1.165, 1.54) is 42.4 Å². The molecule has 4 nitrogen and oxygen atoms in total. The minimum atomic E-state index is 0.0592. The minimum absolute atomic E-state index is 0.0592. The van der Waals surface area contributed by atoms with Gasteiger partial charge in [-0.2, -0.15) is 0 Å². The van der Waals surface area contributed by atoms with Crippen LogP contribution in [0.25, 0.3) is 11.3 Å². The molecule has 134 valence electrons. The standard InChI is InChI=1S/C20H27N3OS/c1-14(2)21-19(24)11-23(3)12-20-22-18(13-25-20)17-9-8-15-6-4-5-7-16(15)10-17/h8-10,13-14H,4-7,11-12H2,1-3H3,(H,21,24). The Labute approximate surface area is 154 Å². The fraction of sp³-hybridized carbons (Fsp3) is 0.500. The van der Waals surface area contributed by atoms with Crippen molar-refractivity contribution in [2.24, 2.45) is 0 Å². The first-order valence-corrected chi connectivity index (χ1v) is 9.93. The Hall–Kier alpha value is -1.72. The number of nitrogens with zero attached hydrogens (tertiary/aromatic N) is 2. The van der Waals surface area contributed by atoms with Crippen LogP contribution in [0.5, 0.6) is 0 Å². The van der Waals surface area contributed by atoms with Gasteiger partial charge in [-0.05, 0) is 63.8 Å². The largest absolute Gasteiger partial charge is 0.353 e. The molecule has 0 saturated heterocycles. The van der Waals surface area contributed by atoms with E-state index in [-0.39, 0.29) is 11.9 Å². The van der Waals surface area contributed by atoms with Crippen LogP contribution >= 0.6 is 11.3 Å². The zero-order chi connectivity index (χ0) is 17.8. The molecule has 25 heavy (non-hydrogen) atoms. The molecule has 1 aliphatic carbocycles. The van der Waals surface area contributed by atoms with E-state index in [0.29, 0.717) is 13.1 Å². The van der Waals surface area contributed by atoms with Gasteiger partial charge in [0.1, 0.15) is 5.01 Å². The van der Waals surface area contributed by atoms with E-state index < -0.39 is 0 Å². The Bertz CT molecular complexity index is 738. The number of thiazole rings is 1. The Morgan fingerprint density at radius 2 is 2.04 bits per heavy atom. The monoisotopic (exact) mass is 357 g/mol. The average Bonchev–Trinajstić information content (AvgIpc) is 3.01. The fourth-order valence-corrected chi connectivity index (χ4v) is 4.19. The van der Waals surface area contributed by atoms with Gasteiger partial charge in [-0.3, -0.25) is 9.69 Å².